The fourth-order valence-electron chi connectivity index (χ4n) is 10.3. The summed E-state index contributed by atoms with van der Waals surface area (Å²) in [7, 11) is -4.02. The van der Waals surface area contributed by atoms with Crippen molar-refractivity contribution in [3.8, 4) is 0 Å². The summed E-state index contributed by atoms with van der Waals surface area (Å²) in [5.74, 6) is -1.78. The highest BCUT2D eigenvalue weighted by molar-refractivity contribution is 6.78. The summed E-state index contributed by atoms with van der Waals surface area (Å²) >= 11 is 0. The van der Waals surface area contributed by atoms with Crippen LogP contribution >= 0.6 is 0 Å². The summed E-state index contributed by atoms with van der Waals surface area (Å²) in [6.07, 6.45) is 10.2. The van der Waals surface area contributed by atoms with Crippen LogP contribution in [0.3, 0.4) is 0 Å². The topological polar surface area (TPSA) is 55.4 Å². The van der Waals surface area contributed by atoms with Crippen LogP contribution in [0.1, 0.15) is 147 Å². The van der Waals surface area contributed by atoms with E-state index < -0.39 is 28.2 Å². The zero-order valence-electron chi connectivity index (χ0n) is 30.7. The van der Waals surface area contributed by atoms with Gasteiger partial charge in [0.2, 0.25) is 11.6 Å². The van der Waals surface area contributed by atoms with Crippen LogP contribution in [0.5, 0.6) is 0 Å². The highest BCUT2D eigenvalue weighted by atomic mass is 28.4. The standard InChI is InChI=1S/C36H70O6Si2/c1-25(2)43(26(3)4,27(5)6)37-23-31-17-15-21-35(39-31)36(42-34-20-14-13-19-33(34)41-35)22-16-18-32(40-36)24-38-44(28(7)8,29(9)10)30(11)12/h25-34H,13-24H2,1-12H3/t31-,32-,33+,34+,35-,36-/m0/s1. The molecule has 258 valence electrons. The molecule has 8 heteroatoms. The van der Waals surface area contributed by atoms with Gasteiger partial charge in [0, 0.05) is 12.8 Å². The van der Waals surface area contributed by atoms with Gasteiger partial charge in [-0.05, 0) is 71.8 Å². The summed E-state index contributed by atoms with van der Waals surface area (Å²) in [5, 5.41) is 0. The Morgan fingerprint density at radius 2 is 0.795 bits per heavy atom. The maximum absolute atomic E-state index is 7.19. The second-order valence-corrected chi connectivity index (χ2v) is 27.5. The van der Waals surface area contributed by atoms with Crippen molar-refractivity contribution < 1.29 is 27.8 Å². The Morgan fingerprint density at radius 1 is 0.477 bits per heavy atom. The van der Waals surface area contributed by atoms with Gasteiger partial charge in [-0.1, -0.05) is 95.9 Å². The molecular weight excluding hydrogens is 585 g/mol. The molecule has 0 unspecified atom stereocenters. The molecule has 1 aliphatic carbocycles. The quantitative estimate of drug-likeness (QED) is 0.195. The minimum Gasteiger partial charge on any atom is -0.413 e. The van der Waals surface area contributed by atoms with E-state index in [1.165, 1.54) is 12.8 Å². The monoisotopic (exact) mass is 654 g/mol. The van der Waals surface area contributed by atoms with Gasteiger partial charge in [0.05, 0.1) is 37.6 Å². The molecule has 3 heterocycles. The van der Waals surface area contributed by atoms with E-state index in [1.807, 2.05) is 0 Å². The van der Waals surface area contributed by atoms with Gasteiger partial charge >= 0.3 is 0 Å². The van der Waals surface area contributed by atoms with Crippen LogP contribution in [0.15, 0.2) is 0 Å². The normalized spacial score (nSPS) is 34.0. The molecule has 4 rings (SSSR count). The number of hydrogen-bond donors (Lipinski definition) is 0. The zero-order valence-corrected chi connectivity index (χ0v) is 32.7. The fourth-order valence-corrected chi connectivity index (χ4v) is 21.3. The molecule has 0 aromatic rings. The molecule has 2 spiro atoms. The molecule has 3 saturated heterocycles. The smallest absolute Gasteiger partial charge is 0.224 e. The summed E-state index contributed by atoms with van der Waals surface area (Å²) in [5.41, 5.74) is 3.27. The Bertz CT molecular complexity index is 794. The molecule has 6 atom stereocenters. The molecule has 0 N–H and O–H groups in total. The van der Waals surface area contributed by atoms with Gasteiger partial charge in [0.25, 0.3) is 0 Å². The maximum atomic E-state index is 7.19. The summed E-state index contributed by atoms with van der Waals surface area (Å²) in [4.78, 5) is 0. The third kappa shape index (κ3) is 6.86. The summed E-state index contributed by atoms with van der Waals surface area (Å²) in [6.45, 7) is 29.6. The van der Waals surface area contributed by atoms with E-state index in [0.717, 1.165) is 51.4 Å². The molecule has 0 amide bonds. The van der Waals surface area contributed by atoms with Crippen molar-refractivity contribution in [2.45, 2.75) is 217 Å². The van der Waals surface area contributed by atoms with E-state index >= 15 is 0 Å². The largest absolute Gasteiger partial charge is 0.413 e. The Kier molecular flexibility index (Phi) is 12.4. The lowest BCUT2D eigenvalue weighted by Gasteiger charge is -2.60. The second-order valence-electron chi connectivity index (χ2n) is 16.6. The molecule has 4 fully saturated rings. The molecule has 6 nitrogen and oxygen atoms in total. The molecule has 44 heavy (non-hydrogen) atoms. The van der Waals surface area contributed by atoms with Crippen LogP contribution in [0.2, 0.25) is 33.2 Å². The van der Waals surface area contributed by atoms with E-state index in [0.29, 0.717) is 46.5 Å². The Balaban J connectivity index is 1.59. The Hall–Kier alpha value is 0.194. The minimum atomic E-state index is -2.01. The predicted molar refractivity (Wildman–Crippen MR) is 185 cm³/mol. The number of hydrogen-bond acceptors (Lipinski definition) is 6. The highest BCUT2D eigenvalue weighted by Crippen LogP contribution is 2.54. The zero-order chi connectivity index (χ0) is 32.5. The van der Waals surface area contributed by atoms with E-state index in [9.17, 15) is 0 Å². The van der Waals surface area contributed by atoms with Gasteiger partial charge in [-0.15, -0.1) is 0 Å². The van der Waals surface area contributed by atoms with Gasteiger partial charge in [-0.2, -0.15) is 0 Å². The lowest BCUT2D eigenvalue weighted by Crippen LogP contribution is -2.72. The first kappa shape index (κ1) is 37.0. The molecule has 0 bridgehead atoms. The van der Waals surface area contributed by atoms with Crippen molar-refractivity contribution in [1.29, 1.82) is 0 Å². The third-order valence-electron chi connectivity index (χ3n) is 12.1. The summed E-state index contributed by atoms with van der Waals surface area (Å²) in [6, 6.07) is 0. The minimum absolute atomic E-state index is 0.0180. The SMILES string of the molecule is CC(C)[Si](OC[C@@H]1CCC[C@]2(O1)O[C@@H]1CCCC[C@H]1O[C@@]21CCC[C@@H](CO[Si](C(C)C)(C(C)C)C(C)C)O1)(C(C)C)C(C)C. The number of ether oxygens (including phenoxy) is 4. The van der Waals surface area contributed by atoms with Crippen molar-refractivity contribution in [2.75, 3.05) is 13.2 Å². The van der Waals surface area contributed by atoms with Crippen molar-refractivity contribution in [1.82, 2.24) is 0 Å². The van der Waals surface area contributed by atoms with Gasteiger partial charge in [-0.3, -0.25) is 0 Å². The van der Waals surface area contributed by atoms with Gasteiger partial charge in [-0.25, -0.2) is 0 Å². The van der Waals surface area contributed by atoms with E-state index in [2.05, 4.69) is 83.1 Å². The number of rotatable bonds is 12. The van der Waals surface area contributed by atoms with Crippen molar-refractivity contribution >= 4 is 16.6 Å². The van der Waals surface area contributed by atoms with E-state index in [1.54, 1.807) is 0 Å². The first-order valence-electron chi connectivity index (χ1n) is 18.6. The molecule has 0 radical (unpaired) electrons. The highest BCUT2D eigenvalue weighted by Gasteiger charge is 2.65. The van der Waals surface area contributed by atoms with Crippen LogP contribution in [0, 0.1) is 0 Å². The Morgan fingerprint density at radius 3 is 1.09 bits per heavy atom. The molecule has 0 aromatic heterocycles. The molecule has 3 aliphatic heterocycles. The average Bonchev–Trinajstić information content (AvgIpc) is 2.93. The predicted octanol–water partition coefficient (Wildman–Crippen LogP) is 10.3. The Labute approximate surface area is 273 Å². The van der Waals surface area contributed by atoms with Crippen LogP contribution in [-0.2, 0) is 27.8 Å². The second kappa shape index (κ2) is 14.8. The van der Waals surface area contributed by atoms with Crippen LogP contribution < -0.4 is 0 Å². The first-order chi connectivity index (χ1) is 20.7. The number of fused-ring (bicyclic) bond motifs is 2. The van der Waals surface area contributed by atoms with Gasteiger partial charge in [0.1, 0.15) is 0 Å². The van der Waals surface area contributed by atoms with Crippen molar-refractivity contribution in [3.05, 3.63) is 0 Å². The lowest BCUT2D eigenvalue weighted by molar-refractivity contribution is -0.497. The fraction of sp³-hybridized carbons (Fsp3) is 1.00. The molecule has 0 aromatic carbocycles. The van der Waals surface area contributed by atoms with Gasteiger partial charge in [0.15, 0.2) is 16.6 Å². The van der Waals surface area contributed by atoms with Crippen molar-refractivity contribution in [2.24, 2.45) is 0 Å². The van der Waals surface area contributed by atoms with Crippen LogP contribution in [-0.4, -0.2) is 65.8 Å². The summed E-state index contributed by atoms with van der Waals surface area (Å²) < 4.78 is 42.9. The van der Waals surface area contributed by atoms with Gasteiger partial charge < -0.3 is 27.8 Å². The molecule has 1 saturated carbocycles. The first-order valence-corrected chi connectivity index (χ1v) is 22.9. The molecule has 4 aliphatic rings. The molecular formula is C36H70O6Si2. The van der Waals surface area contributed by atoms with Crippen molar-refractivity contribution in [3.63, 3.8) is 0 Å². The maximum Gasteiger partial charge on any atom is 0.224 e. The van der Waals surface area contributed by atoms with E-state index in [4.69, 9.17) is 27.8 Å². The van der Waals surface area contributed by atoms with E-state index in [-0.39, 0.29) is 24.4 Å². The average molecular weight is 655 g/mol. The van der Waals surface area contributed by atoms with Crippen LogP contribution in [0.4, 0.5) is 0 Å². The third-order valence-corrected chi connectivity index (χ3v) is 24.3. The lowest BCUT2D eigenvalue weighted by atomic mass is 9.84. The van der Waals surface area contributed by atoms with Crippen LogP contribution in [0.25, 0.3) is 0 Å².